The van der Waals surface area contributed by atoms with Crippen LogP contribution in [0.25, 0.3) is 0 Å². The Morgan fingerprint density at radius 2 is 1.67 bits per heavy atom. The summed E-state index contributed by atoms with van der Waals surface area (Å²) in [6, 6.07) is 0. The van der Waals surface area contributed by atoms with Gasteiger partial charge in [0, 0.05) is 5.54 Å². The van der Waals surface area contributed by atoms with Gasteiger partial charge >= 0.3 is 0 Å². The number of hydrogen-bond acceptors (Lipinski definition) is 1. The molecule has 0 amide bonds. The van der Waals surface area contributed by atoms with E-state index in [4.69, 9.17) is 0 Å². The van der Waals surface area contributed by atoms with E-state index in [1.54, 1.807) is 0 Å². The predicted molar refractivity (Wildman–Crippen MR) is 65.9 cm³/mol. The van der Waals surface area contributed by atoms with E-state index in [0.29, 0.717) is 5.54 Å². The van der Waals surface area contributed by atoms with E-state index < -0.39 is 0 Å². The van der Waals surface area contributed by atoms with E-state index in [9.17, 15) is 0 Å². The standard InChI is InChI=1S/C14H27N/c1-14(2,3)15-10-12-8-5-9-13(12)11-6-4-7-11/h11-13,15H,4-10H2,1-3H3. The van der Waals surface area contributed by atoms with E-state index in [2.05, 4.69) is 26.1 Å². The largest absolute Gasteiger partial charge is 0.312 e. The van der Waals surface area contributed by atoms with E-state index in [1.807, 2.05) is 0 Å². The zero-order valence-electron chi connectivity index (χ0n) is 10.7. The zero-order valence-corrected chi connectivity index (χ0v) is 10.7. The monoisotopic (exact) mass is 209 g/mol. The third-order valence-corrected chi connectivity index (χ3v) is 4.37. The first-order chi connectivity index (χ1) is 7.06. The van der Waals surface area contributed by atoms with Crippen molar-refractivity contribution in [2.45, 2.75) is 64.8 Å². The molecule has 0 aromatic carbocycles. The smallest absolute Gasteiger partial charge is 0.00966 e. The molecule has 2 aliphatic rings. The fourth-order valence-electron chi connectivity index (χ4n) is 3.24. The molecule has 0 spiro atoms. The normalized spacial score (nSPS) is 33.0. The Bertz CT molecular complexity index is 200. The number of nitrogens with one attached hydrogen (secondary N) is 1. The highest BCUT2D eigenvalue weighted by molar-refractivity contribution is 4.88. The molecule has 2 fully saturated rings. The first-order valence-corrected chi connectivity index (χ1v) is 6.81. The van der Waals surface area contributed by atoms with Crippen molar-refractivity contribution in [1.29, 1.82) is 0 Å². The van der Waals surface area contributed by atoms with Crippen molar-refractivity contribution in [3.63, 3.8) is 0 Å². The second-order valence-electron chi connectivity index (χ2n) is 6.68. The molecule has 88 valence electrons. The van der Waals surface area contributed by atoms with E-state index >= 15 is 0 Å². The Kier molecular flexibility index (Phi) is 3.39. The zero-order chi connectivity index (χ0) is 10.9. The van der Waals surface area contributed by atoms with Crippen LogP contribution < -0.4 is 5.32 Å². The summed E-state index contributed by atoms with van der Waals surface area (Å²) in [6.45, 7) is 8.09. The topological polar surface area (TPSA) is 12.0 Å². The van der Waals surface area contributed by atoms with E-state index in [0.717, 1.165) is 17.8 Å². The van der Waals surface area contributed by atoms with Crippen LogP contribution in [0.5, 0.6) is 0 Å². The van der Waals surface area contributed by atoms with Crippen molar-refractivity contribution in [1.82, 2.24) is 5.32 Å². The van der Waals surface area contributed by atoms with Gasteiger partial charge in [-0.25, -0.2) is 0 Å². The van der Waals surface area contributed by atoms with Gasteiger partial charge in [-0.15, -0.1) is 0 Å². The molecule has 0 heterocycles. The fourth-order valence-corrected chi connectivity index (χ4v) is 3.24. The number of rotatable bonds is 3. The van der Waals surface area contributed by atoms with Crippen LogP contribution >= 0.6 is 0 Å². The lowest BCUT2D eigenvalue weighted by Crippen LogP contribution is -2.41. The Balaban J connectivity index is 1.80. The van der Waals surface area contributed by atoms with Crippen LogP contribution in [0, 0.1) is 17.8 Å². The second-order valence-corrected chi connectivity index (χ2v) is 6.68. The van der Waals surface area contributed by atoms with Crippen LogP contribution in [0.3, 0.4) is 0 Å². The summed E-state index contributed by atoms with van der Waals surface area (Å²) in [6.07, 6.45) is 9.02. The molecule has 0 bridgehead atoms. The van der Waals surface area contributed by atoms with Crippen molar-refractivity contribution in [3.05, 3.63) is 0 Å². The average molecular weight is 209 g/mol. The highest BCUT2D eigenvalue weighted by atomic mass is 14.9. The van der Waals surface area contributed by atoms with Crippen molar-refractivity contribution < 1.29 is 0 Å². The van der Waals surface area contributed by atoms with Gasteiger partial charge in [0.2, 0.25) is 0 Å². The van der Waals surface area contributed by atoms with Gasteiger partial charge in [-0.05, 0) is 57.9 Å². The molecule has 0 aliphatic heterocycles. The van der Waals surface area contributed by atoms with Gasteiger partial charge in [0.25, 0.3) is 0 Å². The Hall–Kier alpha value is -0.0400. The molecular formula is C14H27N. The van der Waals surface area contributed by atoms with E-state index in [-0.39, 0.29) is 0 Å². The second kappa shape index (κ2) is 4.45. The summed E-state index contributed by atoms with van der Waals surface area (Å²) >= 11 is 0. The van der Waals surface area contributed by atoms with Gasteiger partial charge in [0.05, 0.1) is 0 Å². The maximum absolute atomic E-state index is 3.70. The van der Waals surface area contributed by atoms with E-state index in [1.165, 1.54) is 45.1 Å². The Morgan fingerprint density at radius 1 is 1.00 bits per heavy atom. The maximum Gasteiger partial charge on any atom is 0.00966 e. The first kappa shape index (κ1) is 11.4. The number of hydrogen-bond donors (Lipinski definition) is 1. The maximum atomic E-state index is 3.70. The van der Waals surface area contributed by atoms with Crippen LogP contribution in [-0.4, -0.2) is 12.1 Å². The van der Waals surface area contributed by atoms with Crippen LogP contribution in [0.15, 0.2) is 0 Å². The molecule has 15 heavy (non-hydrogen) atoms. The molecule has 0 saturated heterocycles. The highest BCUT2D eigenvalue weighted by Gasteiger charge is 2.36. The van der Waals surface area contributed by atoms with Crippen LogP contribution in [0.4, 0.5) is 0 Å². The Morgan fingerprint density at radius 3 is 2.20 bits per heavy atom. The Labute approximate surface area is 95.0 Å². The third kappa shape index (κ3) is 2.96. The van der Waals surface area contributed by atoms with Gasteiger partial charge < -0.3 is 5.32 Å². The van der Waals surface area contributed by atoms with Crippen LogP contribution in [0.1, 0.15) is 59.3 Å². The highest BCUT2D eigenvalue weighted by Crippen LogP contribution is 2.45. The molecule has 0 aromatic heterocycles. The molecule has 1 nitrogen and oxygen atoms in total. The first-order valence-electron chi connectivity index (χ1n) is 6.81. The van der Waals surface area contributed by atoms with Crippen molar-refractivity contribution in [3.8, 4) is 0 Å². The van der Waals surface area contributed by atoms with Crippen LogP contribution in [0.2, 0.25) is 0 Å². The predicted octanol–water partition coefficient (Wildman–Crippen LogP) is 3.59. The molecule has 2 rings (SSSR count). The minimum atomic E-state index is 0.298. The molecule has 1 heteroatoms. The van der Waals surface area contributed by atoms with Crippen LogP contribution in [-0.2, 0) is 0 Å². The summed E-state index contributed by atoms with van der Waals surface area (Å²) in [5.74, 6) is 3.14. The molecular weight excluding hydrogens is 182 g/mol. The molecule has 2 unspecified atom stereocenters. The summed E-state index contributed by atoms with van der Waals surface area (Å²) in [7, 11) is 0. The van der Waals surface area contributed by atoms with Crippen molar-refractivity contribution in [2.24, 2.45) is 17.8 Å². The molecule has 2 saturated carbocycles. The van der Waals surface area contributed by atoms with Crippen molar-refractivity contribution >= 4 is 0 Å². The molecule has 0 radical (unpaired) electrons. The average Bonchev–Trinajstić information content (AvgIpc) is 2.44. The third-order valence-electron chi connectivity index (χ3n) is 4.37. The lowest BCUT2D eigenvalue weighted by molar-refractivity contribution is 0.159. The van der Waals surface area contributed by atoms with Gasteiger partial charge in [0.15, 0.2) is 0 Å². The van der Waals surface area contributed by atoms with Crippen molar-refractivity contribution in [2.75, 3.05) is 6.54 Å². The summed E-state index contributed by atoms with van der Waals surface area (Å²) in [5, 5.41) is 3.70. The lowest BCUT2D eigenvalue weighted by Gasteiger charge is -2.36. The van der Waals surface area contributed by atoms with Gasteiger partial charge in [-0.2, -0.15) is 0 Å². The summed E-state index contributed by atoms with van der Waals surface area (Å²) in [5.41, 5.74) is 0.298. The summed E-state index contributed by atoms with van der Waals surface area (Å²) < 4.78 is 0. The quantitative estimate of drug-likeness (QED) is 0.749. The lowest BCUT2D eigenvalue weighted by atomic mass is 9.71. The summed E-state index contributed by atoms with van der Waals surface area (Å²) in [4.78, 5) is 0. The fraction of sp³-hybridized carbons (Fsp3) is 1.00. The van der Waals surface area contributed by atoms with Gasteiger partial charge in [0.1, 0.15) is 0 Å². The minimum Gasteiger partial charge on any atom is -0.312 e. The molecule has 2 aliphatic carbocycles. The SMILES string of the molecule is CC(C)(C)NCC1CCCC1C1CCC1. The van der Waals surface area contributed by atoms with Gasteiger partial charge in [-0.1, -0.05) is 25.7 Å². The minimum absolute atomic E-state index is 0.298. The molecule has 1 N–H and O–H groups in total. The van der Waals surface area contributed by atoms with Gasteiger partial charge in [-0.3, -0.25) is 0 Å². The molecule has 2 atom stereocenters. The molecule has 0 aromatic rings.